The lowest BCUT2D eigenvalue weighted by Crippen LogP contribution is -2.10. The average Bonchev–Trinajstić information content (AvgIpc) is 2.82. The van der Waals surface area contributed by atoms with E-state index in [1.54, 1.807) is 11.3 Å². The molecule has 0 aliphatic heterocycles. The third-order valence-electron chi connectivity index (χ3n) is 2.83. The van der Waals surface area contributed by atoms with Gasteiger partial charge in [0.05, 0.1) is 6.04 Å². The largest absolute Gasteiger partial charge is 0.320 e. The number of hydrogen-bond donors (Lipinski definition) is 1. The van der Waals surface area contributed by atoms with E-state index >= 15 is 0 Å². The highest BCUT2D eigenvalue weighted by Crippen LogP contribution is 2.24. The van der Waals surface area contributed by atoms with E-state index in [2.05, 4.69) is 49.6 Å². The van der Waals surface area contributed by atoms with Crippen LogP contribution in [0.4, 0.5) is 0 Å². The second kappa shape index (κ2) is 5.48. The van der Waals surface area contributed by atoms with Crippen LogP contribution in [-0.4, -0.2) is 0 Å². The van der Waals surface area contributed by atoms with Gasteiger partial charge in [0.1, 0.15) is 0 Å². The fourth-order valence-electron chi connectivity index (χ4n) is 1.96. The molecule has 1 aromatic heterocycles. The molecule has 1 nitrogen and oxygen atoms in total. The standard InChI is InChI=1S/C15H19NS/c1-11(2)10-12-5-7-13(8-6-12)15(16)14-4-3-9-17-14/h3-9,11,15H,10,16H2,1-2H3. The number of nitrogens with two attached hydrogens (primary N) is 1. The monoisotopic (exact) mass is 245 g/mol. The highest BCUT2D eigenvalue weighted by atomic mass is 32.1. The van der Waals surface area contributed by atoms with Crippen molar-refractivity contribution < 1.29 is 0 Å². The summed E-state index contributed by atoms with van der Waals surface area (Å²) >= 11 is 1.72. The van der Waals surface area contributed by atoms with Crippen molar-refractivity contribution in [2.24, 2.45) is 11.7 Å². The zero-order valence-corrected chi connectivity index (χ0v) is 11.2. The molecular formula is C15H19NS. The van der Waals surface area contributed by atoms with E-state index in [1.165, 1.54) is 16.0 Å². The van der Waals surface area contributed by atoms with Crippen LogP contribution in [0.15, 0.2) is 41.8 Å². The quantitative estimate of drug-likeness (QED) is 0.866. The maximum atomic E-state index is 6.22. The highest BCUT2D eigenvalue weighted by Gasteiger charge is 2.09. The Balaban J connectivity index is 2.12. The minimum Gasteiger partial charge on any atom is -0.320 e. The summed E-state index contributed by atoms with van der Waals surface area (Å²) in [7, 11) is 0. The van der Waals surface area contributed by atoms with Gasteiger partial charge in [-0.2, -0.15) is 0 Å². The second-order valence-electron chi connectivity index (χ2n) is 4.83. The lowest BCUT2D eigenvalue weighted by molar-refractivity contribution is 0.647. The van der Waals surface area contributed by atoms with E-state index in [0.717, 1.165) is 6.42 Å². The van der Waals surface area contributed by atoms with Gasteiger partial charge in [-0.15, -0.1) is 11.3 Å². The lowest BCUT2D eigenvalue weighted by Gasteiger charge is -2.11. The molecule has 2 aromatic rings. The normalized spacial score (nSPS) is 12.9. The van der Waals surface area contributed by atoms with Crippen LogP contribution >= 0.6 is 11.3 Å². The first-order valence-corrected chi connectivity index (χ1v) is 6.92. The zero-order valence-electron chi connectivity index (χ0n) is 10.4. The number of hydrogen-bond acceptors (Lipinski definition) is 2. The molecule has 2 heteroatoms. The molecule has 0 aliphatic carbocycles. The molecule has 0 saturated heterocycles. The molecule has 2 N–H and O–H groups in total. The zero-order chi connectivity index (χ0) is 12.3. The maximum absolute atomic E-state index is 6.22. The summed E-state index contributed by atoms with van der Waals surface area (Å²) < 4.78 is 0. The minimum atomic E-state index is 0.0168. The average molecular weight is 245 g/mol. The molecule has 90 valence electrons. The van der Waals surface area contributed by atoms with E-state index in [9.17, 15) is 0 Å². The molecule has 1 atom stereocenters. The van der Waals surface area contributed by atoms with E-state index in [1.807, 2.05) is 6.07 Å². The van der Waals surface area contributed by atoms with Crippen molar-refractivity contribution in [1.29, 1.82) is 0 Å². The highest BCUT2D eigenvalue weighted by molar-refractivity contribution is 7.10. The van der Waals surface area contributed by atoms with Gasteiger partial charge < -0.3 is 5.73 Å². The van der Waals surface area contributed by atoms with E-state index in [-0.39, 0.29) is 6.04 Å². The predicted octanol–water partition coefficient (Wildman–Crippen LogP) is 3.99. The van der Waals surface area contributed by atoms with Gasteiger partial charge in [-0.05, 0) is 34.9 Å². The van der Waals surface area contributed by atoms with Gasteiger partial charge in [0, 0.05) is 4.88 Å². The van der Waals surface area contributed by atoms with E-state index in [0.29, 0.717) is 5.92 Å². The fourth-order valence-corrected chi connectivity index (χ4v) is 2.72. The molecule has 0 amide bonds. The van der Waals surface area contributed by atoms with Crippen LogP contribution in [0.3, 0.4) is 0 Å². The van der Waals surface area contributed by atoms with Crippen molar-refractivity contribution >= 4 is 11.3 Å². The Kier molecular flexibility index (Phi) is 3.97. The van der Waals surface area contributed by atoms with Gasteiger partial charge in [-0.25, -0.2) is 0 Å². The van der Waals surface area contributed by atoms with Crippen LogP contribution in [0.2, 0.25) is 0 Å². The van der Waals surface area contributed by atoms with Crippen LogP contribution in [0.5, 0.6) is 0 Å². The first kappa shape index (κ1) is 12.3. The summed E-state index contributed by atoms with van der Waals surface area (Å²) in [4.78, 5) is 1.22. The van der Waals surface area contributed by atoms with Crippen molar-refractivity contribution in [3.05, 3.63) is 57.8 Å². The molecule has 0 fully saturated rings. The number of thiophene rings is 1. The van der Waals surface area contributed by atoms with Crippen molar-refractivity contribution in [3.63, 3.8) is 0 Å². The van der Waals surface area contributed by atoms with Gasteiger partial charge >= 0.3 is 0 Å². The van der Waals surface area contributed by atoms with Crippen LogP contribution in [-0.2, 0) is 6.42 Å². The molecule has 1 aromatic carbocycles. The molecule has 1 heterocycles. The summed E-state index contributed by atoms with van der Waals surface area (Å²) in [6.07, 6.45) is 1.13. The maximum Gasteiger partial charge on any atom is 0.0645 e. The molecule has 0 bridgehead atoms. The Bertz CT molecular complexity index is 442. The van der Waals surface area contributed by atoms with Crippen molar-refractivity contribution in [2.75, 3.05) is 0 Å². The molecule has 2 rings (SSSR count). The van der Waals surface area contributed by atoms with Crippen LogP contribution in [0.25, 0.3) is 0 Å². The van der Waals surface area contributed by atoms with Gasteiger partial charge in [0.15, 0.2) is 0 Å². The van der Waals surface area contributed by atoms with Crippen LogP contribution < -0.4 is 5.73 Å². The molecule has 0 aliphatic rings. The second-order valence-corrected chi connectivity index (χ2v) is 5.81. The lowest BCUT2D eigenvalue weighted by atomic mass is 9.99. The molecule has 0 radical (unpaired) electrons. The fraction of sp³-hybridized carbons (Fsp3) is 0.333. The van der Waals surface area contributed by atoms with Crippen LogP contribution in [0, 0.1) is 5.92 Å². The van der Waals surface area contributed by atoms with Gasteiger partial charge in [0.25, 0.3) is 0 Å². The predicted molar refractivity (Wildman–Crippen MR) is 75.3 cm³/mol. The van der Waals surface area contributed by atoms with Gasteiger partial charge in [0.2, 0.25) is 0 Å². The topological polar surface area (TPSA) is 26.0 Å². The van der Waals surface area contributed by atoms with E-state index < -0.39 is 0 Å². The third-order valence-corrected chi connectivity index (χ3v) is 3.79. The summed E-state index contributed by atoms with van der Waals surface area (Å²) in [5.41, 5.74) is 8.81. The summed E-state index contributed by atoms with van der Waals surface area (Å²) in [6, 6.07) is 12.9. The van der Waals surface area contributed by atoms with E-state index in [4.69, 9.17) is 5.73 Å². The summed E-state index contributed by atoms with van der Waals surface area (Å²) in [5.74, 6) is 0.701. The Labute approximate surface area is 107 Å². The Morgan fingerprint density at radius 1 is 1.12 bits per heavy atom. The summed E-state index contributed by atoms with van der Waals surface area (Å²) in [6.45, 7) is 4.48. The first-order valence-electron chi connectivity index (χ1n) is 6.04. The Morgan fingerprint density at radius 3 is 2.35 bits per heavy atom. The molecule has 0 spiro atoms. The summed E-state index contributed by atoms with van der Waals surface area (Å²) in [5, 5.41) is 2.07. The van der Waals surface area contributed by atoms with Crippen molar-refractivity contribution in [3.8, 4) is 0 Å². The Morgan fingerprint density at radius 2 is 1.82 bits per heavy atom. The smallest absolute Gasteiger partial charge is 0.0645 e. The molecule has 0 saturated carbocycles. The minimum absolute atomic E-state index is 0.0168. The van der Waals surface area contributed by atoms with Gasteiger partial charge in [-0.1, -0.05) is 44.2 Å². The Hall–Kier alpha value is -1.12. The number of benzene rings is 1. The molecular weight excluding hydrogens is 226 g/mol. The number of rotatable bonds is 4. The third kappa shape index (κ3) is 3.18. The van der Waals surface area contributed by atoms with Crippen LogP contribution in [0.1, 0.15) is 35.9 Å². The molecule has 1 unspecified atom stereocenters. The molecule has 17 heavy (non-hydrogen) atoms. The van der Waals surface area contributed by atoms with Crippen molar-refractivity contribution in [1.82, 2.24) is 0 Å². The SMILES string of the molecule is CC(C)Cc1ccc(C(N)c2cccs2)cc1. The van der Waals surface area contributed by atoms with Crippen molar-refractivity contribution in [2.45, 2.75) is 26.3 Å². The first-order chi connectivity index (χ1) is 8.16. The van der Waals surface area contributed by atoms with Gasteiger partial charge in [-0.3, -0.25) is 0 Å².